The number of esters is 1. The first-order valence-electron chi connectivity index (χ1n) is 9.24. The van der Waals surface area contributed by atoms with Crippen LogP contribution in [0.5, 0.6) is 0 Å². The molecule has 148 valence electrons. The second-order valence-corrected chi connectivity index (χ2v) is 9.68. The van der Waals surface area contributed by atoms with Crippen LogP contribution in [0.4, 0.5) is 0 Å². The van der Waals surface area contributed by atoms with Gasteiger partial charge in [0.2, 0.25) is 0 Å². The van der Waals surface area contributed by atoms with Crippen LogP contribution in [0, 0.1) is 13.8 Å². The summed E-state index contributed by atoms with van der Waals surface area (Å²) in [6.07, 6.45) is 4.82. The van der Waals surface area contributed by atoms with Crippen molar-refractivity contribution in [3.63, 3.8) is 0 Å². The van der Waals surface area contributed by atoms with Gasteiger partial charge in [-0.3, -0.25) is 4.79 Å². The number of hydrogen-bond acceptors (Lipinski definition) is 5. The molecule has 3 rings (SSSR count). The average molecular weight is 394 g/mol. The zero-order valence-electron chi connectivity index (χ0n) is 15.9. The highest BCUT2D eigenvalue weighted by Gasteiger charge is 2.30. The van der Waals surface area contributed by atoms with Gasteiger partial charge in [-0.15, -0.1) is 0 Å². The summed E-state index contributed by atoms with van der Waals surface area (Å²) in [5.74, 6) is -1.07. The topological polar surface area (TPSA) is 94.5 Å². The van der Waals surface area contributed by atoms with Crippen molar-refractivity contribution >= 4 is 27.8 Å². The Bertz CT molecular complexity index is 880. The lowest BCUT2D eigenvalue weighted by atomic mass is 10.2. The Morgan fingerprint density at radius 2 is 2.00 bits per heavy atom. The maximum absolute atomic E-state index is 12.1. The molecule has 1 amide bonds. The maximum atomic E-state index is 12.1. The third kappa shape index (κ3) is 4.80. The molecule has 1 aromatic heterocycles. The summed E-state index contributed by atoms with van der Waals surface area (Å²) < 4.78 is 30.3. The van der Waals surface area contributed by atoms with Crippen molar-refractivity contribution in [1.29, 1.82) is 0 Å². The van der Waals surface area contributed by atoms with Gasteiger partial charge >= 0.3 is 5.97 Å². The molecule has 1 saturated heterocycles. The van der Waals surface area contributed by atoms with Crippen molar-refractivity contribution in [1.82, 2.24) is 9.88 Å². The smallest absolute Gasteiger partial charge is 0.331 e. The van der Waals surface area contributed by atoms with Crippen LogP contribution >= 0.6 is 0 Å². The molecule has 0 bridgehead atoms. The molecule has 8 heteroatoms. The van der Waals surface area contributed by atoms with Gasteiger partial charge in [0.1, 0.15) is 0 Å². The minimum Gasteiger partial charge on any atom is -0.449 e. The number of hydrogen-bond donors (Lipinski definition) is 1. The number of carbonyl (C=O) groups excluding carboxylic acids is 2. The van der Waals surface area contributed by atoms with Crippen LogP contribution in [0.1, 0.15) is 49.2 Å². The highest BCUT2D eigenvalue weighted by Crippen LogP contribution is 2.38. The van der Waals surface area contributed by atoms with Crippen LogP contribution in [0.25, 0.3) is 6.08 Å². The number of sulfone groups is 1. The first-order valence-corrected chi connectivity index (χ1v) is 11.1. The SMILES string of the molecule is Cc1cc(/C=C/C(=O)O[C@@H](C)C(=O)N[C@H]2CCS(=O)(=O)C2)c(C)n1C1CC1. The van der Waals surface area contributed by atoms with Gasteiger partial charge in [0.15, 0.2) is 15.9 Å². The largest absolute Gasteiger partial charge is 0.449 e. The fourth-order valence-electron chi connectivity index (χ4n) is 3.52. The first kappa shape index (κ1) is 19.7. The van der Waals surface area contributed by atoms with Crippen molar-refractivity contribution in [2.45, 2.75) is 58.2 Å². The van der Waals surface area contributed by atoms with E-state index in [0.29, 0.717) is 12.5 Å². The molecule has 0 radical (unpaired) electrons. The van der Waals surface area contributed by atoms with E-state index in [2.05, 4.69) is 16.8 Å². The number of nitrogens with one attached hydrogen (secondary N) is 1. The third-order valence-corrected chi connectivity index (χ3v) is 6.84. The molecule has 0 spiro atoms. The van der Waals surface area contributed by atoms with E-state index in [4.69, 9.17) is 4.74 Å². The zero-order chi connectivity index (χ0) is 19.8. The molecule has 0 aromatic carbocycles. The number of rotatable bonds is 6. The van der Waals surface area contributed by atoms with E-state index in [9.17, 15) is 18.0 Å². The Labute approximate surface area is 159 Å². The quantitative estimate of drug-likeness (QED) is 0.585. The molecule has 2 aliphatic rings. The lowest BCUT2D eigenvalue weighted by Crippen LogP contribution is -2.42. The van der Waals surface area contributed by atoms with Crippen molar-refractivity contribution < 1.29 is 22.7 Å². The average Bonchev–Trinajstić information content (AvgIpc) is 3.29. The molecule has 2 atom stereocenters. The monoisotopic (exact) mass is 394 g/mol. The lowest BCUT2D eigenvalue weighted by molar-refractivity contribution is -0.150. The zero-order valence-corrected chi connectivity index (χ0v) is 16.7. The summed E-state index contributed by atoms with van der Waals surface area (Å²) in [6, 6.07) is 2.20. The van der Waals surface area contributed by atoms with Gasteiger partial charge in [-0.2, -0.15) is 0 Å². The van der Waals surface area contributed by atoms with Crippen LogP contribution in [0.15, 0.2) is 12.1 Å². The molecule has 1 aliphatic carbocycles. The van der Waals surface area contributed by atoms with Crippen LogP contribution in [0.2, 0.25) is 0 Å². The van der Waals surface area contributed by atoms with Gasteiger partial charge < -0.3 is 14.6 Å². The first-order chi connectivity index (χ1) is 12.7. The minimum atomic E-state index is -3.07. The van der Waals surface area contributed by atoms with Crippen molar-refractivity contribution in [3.05, 3.63) is 29.1 Å². The van der Waals surface area contributed by atoms with Gasteiger partial charge in [-0.25, -0.2) is 13.2 Å². The lowest BCUT2D eigenvalue weighted by Gasteiger charge is -2.15. The Morgan fingerprint density at radius 3 is 2.59 bits per heavy atom. The molecule has 1 aromatic rings. The van der Waals surface area contributed by atoms with E-state index in [1.54, 1.807) is 6.08 Å². The summed E-state index contributed by atoms with van der Waals surface area (Å²) in [4.78, 5) is 24.1. The minimum absolute atomic E-state index is 0.0596. The number of ether oxygens (including phenoxy) is 1. The van der Waals surface area contributed by atoms with Crippen LogP contribution < -0.4 is 5.32 Å². The number of amides is 1. The third-order valence-electron chi connectivity index (χ3n) is 5.08. The highest BCUT2D eigenvalue weighted by atomic mass is 32.2. The molecule has 2 fully saturated rings. The van der Waals surface area contributed by atoms with Gasteiger partial charge in [-0.05, 0) is 57.7 Å². The summed E-state index contributed by atoms with van der Waals surface area (Å²) >= 11 is 0. The Morgan fingerprint density at radius 1 is 1.30 bits per heavy atom. The standard InChI is InChI=1S/C19H26N2O5S/c1-12-10-15(13(2)21(12)17-5-6-17)4-7-18(22)26-14(3)19(23)20-16-8-9-27(24,25)11-16/h4,7,10,14,16-17H,5-6,8-9,11H2,1-3H3,(H,20,23)/b7-4+/t14-,16-/m0/s1. The fourth-order valence-corrected chi connectivity index (χ4v) is 5.19. The molecule has 27 heavy (non-hydrogen) atoms. The Kier molecular flexibility index (Phi) is 5.46. The molecule has 7 nitrogen and oxygen atoms in total. The number of aryl methyl sites for hydroxylation is 1. The van der Waals surface area contributed by atoms with E-state index < -0.39 is 33.9 Å². The molecule has 0 unspecified atom stereocenters. The van der Waals surface area contributed by atoms with Crippen LogP contribution in [-0.2, 0) is 24.2 Å². The van der Waals surface area contributed by atoms with Crippen LogP contribution in [-0.4, -0.2) is 48.5 Å². The van der Waals surface area contributed by atoms with E-state index in [1.807, 2.05) is 13.0 Å². The maximum Gasteiger partial charge on any atom is 0.331 e. The van der Waals surface area contributed by atoms with Gasteiger partial charge in [0, 0.05) is 29.5 Å². The molecular formula is C19H26N2O5S. The molecular weight excluding hydrogens is 368 g/mol. The molecule has 1 aliphatic heterocycles. The number of nitrogens with zero attached hydrogens (tertiary/aromatic N) is 1. The normalized spacial score (nSPS) is 22.7. The Balaban J connectivity index is 1.53. The van der Waals surface area contributed by atoms with Crippen molar-refractivity contribution in [2.24, 2.45) is 0 Å². The van der Waals surface area contributed by atoms with E-state index >= 15 is 0 Å². The van der Waals surface area contributed by atoms with E-state index in [1.165, 1.54) is 31.5 Å². The summed E-state index contributed by atoms with van der Waals surface area (Å²) in [5, 5.41) is 2.63. The second kappa shape index (κ2) is 7.50. The van der Waals surface area contributed by atoms with E-state index in [-0.39, 0.29) is 11.5 Å². The number of carbonyl (C=O) groups is 2. The summed E-state index contributed by atoms with van der Waals surface area (Å²) in [6.45, 7) is 5.56. The molecule has 1 saturated carbocycles. The highest BCUT2D eigenvalue weighted by molar-refractivity contribution is 7.91. The summed E-state index contributed by atoms with van der Waals surface area (Å²) in [7, 11) is -3.07. The van der Waals surface area contributed by atoms with Gasteiger partial charge in [0.05, 0.1) is 11.5 Å². The summed E-state index contributed by atoms with van der Waals surface area (Å²) in [5.41, 5.74) is 3.25. The van der Waals surface area contributed by atoms with Crippen molar-refractivity contribution in [3.8, 4) is 0 Å². The predicted octanol–water partition coefficient (Wildman–Crippen LogP) is 1.69. The molecule has 1 N–H and O–H groups in total. The van der Waals surface area contributed by atoms with Gasteiger partial charge in [0.25, 0.3) is 5.91 Å². The van der Waals surface area contributed by atoms with Crippen LogP contribution in [0.3, 0.4) is 0 Å². The fraction of sp³-hybridized carbons (Fsp3) is 0.579. The Hall–Kier alpha value is -2.09. The van der Waals surface area contributed by atoms with E-state index in [0.717, 1.165) is 11.3 Å². The van der Waals surface area contributed by atoms with Gasteiger partial charge in [-0.1, -0.05) is 0 Å². The molecule has 2 heterocycles. The second-order valence-electron chi connectivity index (χ2n) is 7.45. The predicted molar refractivity (Wildman–Crippen MR) is 102 cm³/mol. The van der Waals surface area contributed by atoms with Crippen molar-refractivity contribution in [2.75, 3.05) is 11.5 Å². The number of aromatic nitrogens is 1.